The Bertz CT molecular complexity index is 913. The average Bonchev–Trinajstić information content (AvgIpc) is 3.18. The van der Waals surface area contributed by atoms with Crippen LogP contribution in [-0.4, -0.2) is 35.7 Å². The summed E-state index contributed by atoms with van der Waals surface area (Å²) in [6, 6.07) is 13.6. The molecule has 0 aliphatic carbocycles. The number of halogens is 2. The van der Waals surface area contributed by atoms with Crippen LogP contribution in [0.3, 0.4) is 0 Å². The highest BCUT2D eigenvalue weighted by Crippen LogP contribution is 2.17. The first-order valence-electron chi connectivity index (χ1n) is 8.26. The van der Waals surface area contributed by atoms with Crippen LogP contribution in [0.2, 0.25) is 5.02 Å². The Hall–Kier alpha value is -2.99. The van der Waals surface area contributed by atoms with Crippen molar-refractivity contribution in [2.24, 2.45) is 5.10 Å². The number of hydrazone groups is 1. The standard InChI is InChI=1S/C20H16ClFN2O3/c21-16-12-14(6-8-17(16)22)7-9-20(26)27-13-19(25)24-11-10-18(23-24)15-4-2-1-3-5-15/h1-9,12H,10-11,13H2/b9-7+. The Morgan fingerprint density at radius 1 is 1.22 bits per heavy atom. The van der Waals surface area contributed by atoms with E-state index in [1.807, 2.05) is 30.3 Å². The second kappa shape index (κ2) is 8.60. The van der Waals surface area contributed by atoms with Gasteiger partial charge in [-0.15, -0.1) is 0 Å². The van der Waals surface area contributed by atoms with Gasteiger partial charge in [-0.3, -0.25) is 4.79 Å². The molecular formula is C20H16ClFN2O3. The van der Waals surface area contributed by atoms with E-state index in [0.717, 1.165) is 17.4 Å². The summed E-state index contributed by atoms with van der Waals surface area (Å²) in [5.74, 6) is -1.62. The summed E-state index contributed by atoms with van der Waals surface area (Å²) < 4.78 is 18.0. The van der Waals surface area contributed by atoms with Gasteiger partial charge in [0.05, 0.1) is 17.3 Å². The fourth-order valence-corrected chi connectivity index (χ4v) is 2.70. The second-order valence-electron chi connectivity index (χ2n) is 5.79. The zero-order chi connectivity index (χ0) is 19.2. The Balaban J connectivity index is 1.51. The van der Waals surface area contributed by atoms with E-state index in [-0.39, 0.29) is 5.02 Å². The van der Waals surface area contributed by atoms with Crippen molar-refractivity contribution in [1.82, 2.24) is 5.01 Å². The Morgan fingerprint density at radius 3 is 2.74 bits per heavy atom. The molecule has 0 N–H and O–H groups in total. The lowest BCUT2D eigenvalue weighted by atomic mass is 10.1. The van der Waals surface area contributed by atoms with E-state index in [0.29, 0.717) is 18.5 Å². The molecule has 27 heavy (non-hydrogen) atoms. The van der Waals surface area contributed by atoms with Crippen molar-refractivity contribution in [1.29, 1.82) is 0 Å². The van der Waals surface area contributed by atoms with Crippen LogP contribution < -0.4 is 0 Å². The second-order valence-corrected chi connectivity index (χ2v) is 6.20. The van der Waals surface area contributed by atoms with Crippen molar-refractivity contribution in [3.63, 3.8) is 0 Å². The lowest BCUT2D eigenvalue weighted by molar-refractivity contribution is -0.147. The fraction of sp³-hybridized carbons (Fsp3) is 0.150. The first-order chi connectivity index (χ1) is 13.0. The van der Waals surface area contributed by atoms with Gasteiger partial charge in [-0.05, 0) is 29.3 Å². The molecular weight excluding hydrogens is 371 g/mol. The van der Waals surface area contributed by atoms with E-state index in [1.54, 1.807) is 0 Å². The third-order valence-corrected chi connectivity index (χ3v) is 4.18. The number of rotatable bonds is 5. The maximum Gasteiger partial charge on any atom is 0.331 e. The molecule has 0 atom stereocenters. The summed E-state index contributed by atoms with van der Waals surface area (Å²) >= 11 is 5.67. The van der Waals surface area contributed by atoms with Gasteiger partial charge in [-0.1, -0.05) is 48.0 Å². The lowest BCUT2D eigenvalue weighted by Crippen LogP contribution is -2.28. The topological polar surface area (TPSA) is 59.0 Å². The van der Waals surface area contributed by atoms with E-state index in [2.05, 4.69) is 5.10 Å². The van der Waals surface area contributed by atoms with Crippen LogP contribution in [0.5, 0.6) is 0 Å². The molecule has 0 radical (unpaired) electrons. The van der Waals surface area contributed by atoms with E-state index >= 15 is 0 Å². The lowest BCUT2D eigenvalue weighted by Gasteiger charge is -2.10. The summed E-state index contributed by atoms with van der Waals surface area (Å²) in [6.45, 7) is 0.0451. The molecule has 0 saturated heterocycles. The normalized spacial score (nSPS) is 13.7. The third-order valence-electron chi connectivity index (χ3n) is 3.89. The van der Waals surface area contributed by atoms with Crippen molar-refractivity contribution in [2.45, 2.75) is 6.42 Å². The molecule has 0 fully saturated rings. The number of hydrogen-bond acceptors (Lipinski definition) is 4. The minimum Gasteiger partial charge on any atom is -0.452 e. The molecule has 3 rings (SSSR count). The van der Waals surface area contributed by atoms with E-state index in [9.17, 15) is 14.0 Å². The number of hydrogen-bond donors (Lipinski definition) is 0. The van der Waals surface area contributed by atoms with Crippen LogP contribution in [0.4, 0.5) is 4.39 Å². The Morgan fingerprint density at radius 2 is 2.00 bits per heavy atom. The van der Waals surface area contributed by atoms with Gasteiger partial charge in [0.1, 0.15) is 5.82 Å². The molecule has 0 spiro atoms. The summed E-state index contributed by atoms with van der Waals surface area (Å²) in [6.07, 6.45) is 3.23. The number of amides is 1. The number of nitrogens with zero attached hydrogens (tertiary/aromatic N) is 2. The minimum absolute atomic E-state index is 0.0400. The van der Waals surface area contributed by atoms with Crippen LogP contribution in [0, 0.1) is 5.82 Å². The largest absolute Gasteiger partial charge is 0.452 e. The Kier molecular flexibility index (Phi) is 5.98. The number of carbonyl (C=O) groups is 2. The minimum atomic E-state index is -0.685. The number of esters is 1. The summed E-state index contributed by atoms with van der Waals surface area (Å²) in [5.41, 5.74) is 2.33. The molecule has 2 aromatic carbocycles. The molecule has 1 amide bonds. The van der Waals surface area contributed by atoms with Crippen LogP contribution in [-0.2, 0) is 14.3 Å². The SMILES string of the molecule is O=C(/C=C/c1ccc(F)c(Cl)c1)OCC(=O)N1CCC(c2ccccc2)=N1. The maximum atomic E-state index is 13.1. The van der Waals surface area contributed by atoms with Gasteiger partial charge >= 0.3 is 5.97 Å². The first kappa shape index (κ1) is 18.8. The van der Waals surface area contributed by atoms with Crippen molar-refractivity contribution in [3.05, 3.63) is 76.6 Å². The maximum absolute atomic E-state index is 13.1. The first-order valence-corrected chi connectivity index (χ1v) is 8.64. The van der Waals surface area contributed by atoms with Gasteiger partial charge in [0.25, 0.3) is 5.91 Å². The van der Waals surface area contributed by atoms with Crippen molar-refractivity contribution >= 4 is 35.3 Å². The molecule has 2 aromatic rings. The zero-order valence-corrected chi connectivity index (χ0v) is 15.0. The smallest absolute Gasteiger partial charge is 0.331 e. The third kappa shape index (κ3) is 5.01. The molecule has 0 saturated carbocycles. The number of ether oxygens (including phenoxy) is 1. The van der Waals surface area contributed by atoms with Gasteiger partial charge in [0, 0.05) is 12.5 Å². The number of carbonyl (C=O) groups excluding carboxylic acids is 2. The average molecular weight is 387 g/mol. The monoisotopic (exact) mass is 386 g/mol. The van der Waals surface area contributed by atoms with Crippen molar-refractivity contribution in [3.8, 4) is 0 Å². The summed E-state index contributed by atoms with van der Waals surface area (Å²) in [4.78, 5) is 23.9. The molecule has 138 valence electrons. The molecule has 0 aromatic heterocycles. The number of benzene rings is 2. The van der Waals surface area contributed by atoms with E-state index < -0.39 is 24.3 Å². The van der Waals surface area contributed by atoms with Crippen molar-refractivity contribution < 1.29 is 18.7 Å². The van der Waals surface area contributed by atoms with E-state index in [4.69, 9.17) is 16.3 Å². The summed E-state index contributed by atoms with van der Waals surface area (Å²) in [7, 11) is 0. The van der Waals surface area contributed by atoms with E-state index in [1.165, 1.54) is 29.3 Å². The van der Waals surface area contributed by atoms with Crippen LogP contribution in [0.1, 0.15) is 17.5 Å². The summed E-state index contributed by atoms with van der Waals surface area (Å²) in [5, 5.41) is 5.55. The molecule has 5 nitrogen and oxygen atoms in total. The Labute approximate surface area is 160 Å². The predicted molar refractivity (Wildman–Crippen MR) is 101 cm³/mol. The highest BCUT2D eigenvalue weighted by atomic mass is 35.5. The molecule has 1 heterocycles. The predicted octanol–water partition coefficient (Wildman–Crippen LogP) is 3.67. The molecule has 0 bridgehead atoms. The van der Waals surface area contributed by atoms with Gasteiger partial charge in [0.2, 0.25) is 0 Å². The zero-order valence-electron chi connectivity index (χ0n) is 14.3. The van der Waals surface area contributed by atoms with Gasteiger partial charge in [0.15, 0.2) is 6.61 Å². The van der Waals surface area contributed by atoms with Gasteiger partial charge in [-0.25, -0.2) is 14.2 Å². The van der Waals surface area contributed by atoms with Crippen molar-refractivity contribution in [2.75, 3.05) is 13.2 Å². The molecule has 0 unspecified atom stereocenters. The highest BCUT2D eigenvalue weighted by molar-refractivity contribution is 6.30. The molecule has 1 aliphatic rings. The quantitative estimate of drug-likeness (QED) is 0.582. The molecule has 1 aliphatic heterocycles. The fourth-order valence-electron chi connectivity index (χ4n) is 2.51. The van der Waals surface area contributed by atoms with Crippen LogP contribution >= 0.6 is 11.6 Å². The highest BCUT2D eigenvalue weighted by Gasteiger charge is 2.22. The van der Waals surface area contributed by atoms with Gasteiger partial charge in [-0.2, -0.15) is 5.10 Å². The van der Waals surface area contributed by atoms with Crippen LogP contribution in [0.15, 0.2) is 59.7 Å². The van der Waals surface area contributed by atoms with Gasteiger partial charge < -0.3 is 4.74 Å². The molecule has 7 heteroatoms. The van der Waals surface area contributed by atoms with Crippen LogP contribution in [0.25, 0.3) is 6.08 Å².